The highest BCUT2D eigenvalue weighted by Gasteiger charge is 2.18. The molecule has 0 bridgehead atoms. The van der Waals surface area contributed by atoms with Crippen LogP contribution in [0.15, 0.2) is 192 Å². The Kier molecular flexibility index (Phi) is 7.04. The molecule has 240 valence electrons. The summed E-state index contributed by atoms with van der Waals surface area (Å²) in [5.41, 5.74) is 12.2. The Morgan fingerprint density at radius 3 is 1.63 bits per heavy atom. The summed E-state index contributed by atoms with van der Waals surface area (Å²) < 4.78 is 8.72. The molecule has 0 N–H and O–H groups in total. The Labute approximate surface area is 300 Å². The number of nitrogens with zero attached hydrogens (tertiary/aromatic N) is 1. The fourth-order valence-corrected chi connectivity index (χ4v) is 8.43. The molecule has 51 heavy (non-hydrogen) atoms. The molecular formula is C48H31NOS. The van der Waals surface area contributed by atoms with Crippen molar-refractivity contribution in [3.05, 3.63) is 188 Å². The van der Waals surface area contributed by atoms with Crippen LogP contribution in [0, 0.1) is 0 Å². The maximum absolute atomic E-state index is 6.12. The van der Waals surface area contributed by atoms with E-state index in [2.05, 4.69) is 181 Å². The standard InChI is InChI=1S/C48H31NOS/c1-3-11-32(12-4-1)36-27-37(33-13-5-2-6-14-33)29-40(28-36)49(39-24-26-48-44(31-39)42-16-8-10-18-47(42)51-48)38-22-19-34(20-23-38)35-21-25-46-43(30-35)41-15-7-9-17-45(41)50-46/h1-31H. The van der Waals surface area contributed by atoms with E-state index < -0.39 is 0 Å². The number of fused-ring (bicyclic) bond motifs is 6. The van der Waals surface area contributed by atoms with Gasteiger partial charge >= 0.3 is 0 Å². The zero-order valence-electron chi connectivity index (χ0n) is 27.7. The summed E-state index contributed by atoms with van der Waals surface area (Å²) in [6.45, 7) is 0. The van der Waals surface area contributed by atoms with Crippen molar-refractivity contribution in [1.29, 1.82) is 0 Å². The summed E-state index contributed by atoms with van der Waals surface area (Å²) in [5.74, 6) is 0. The van der Waals surface area contributed by atoms with Gasteiger partial charge in [-0.05, 0) is 106 Å². The number of para-hydroxylation sites is 1. The van der Waals surface area contributed by atoms with Gasteiger partial charge in [-0.3, -0.25) is 0 Å². The van der Waals surface area contributed by atoms with Crippen molar-refractivity contribution in [2.45, 2.75) is 0 Å². The van der Waals surface area contributed by atoms with Gasteiger partial charge in [0.1, 0.15) is 11.2 Å². The molecule has 3 heteroatoms. The average molecular weight is 670 g/mol. The molecule has 0 amide bonds. The molecule has 2 aromatic heterocycles. The molecule has 0 aliphatic carbocycles. The maximum Gasteiger partial charge on any atom is 0.135 e. The Morgan fingerprint density at radius 1 is 0.314 bits per heavy atom. The van der Waals surface area contributed by atoms with Gasteiger partial charge in [0.2, 0.25) is 0 Å². The predicted octanol–water partition coefficient (Wildman–Crippen LogP) is 14.4. The molecular weight excluding hydrogens is 639 g/mol. The molecule has 0 spiro atoms. The minimum absolute atomic E-state index is 0.909. The second kappa shape index (κ2) is 12.2. The number of rotatable bonds is 6. The van der Waals surface area contributed by atoms with E-state index in [9.17, 15) is 0 Å². The van der Waals surface area contributed by atoms with Gasteiger partial charge in [0.05, 0.1) is 0 Å². The second-order valence-electron chi connectivity index (χ2n) is 13.0. The number of furan rings is 1. The van der Waals surface area contributed by atoms with Crippen molar-refractivity contribution >= 4 is 70.5 Å². The van der Waals surface area contributed by atoms with Gasteiger partial charge in [-0.15, -0.1) is 11.3 Å². The van der Waals surface area contributed by atoms with Gasteiger partial charge in [-0.1, -0.05) is 115 Å². The van der Waals surface area contributed by atoms with Crippen LogP contribution in [0.25, 0.3) is 75.5 Å². The molecule has 2 nitrogen and oxygen atoms in total. The third-order valence-electron chi connectivity index (χ3n) is 9.84. The summed E-state index contributed by atoms with van der Waals surface area (Å²) >= 11 is 1.85. The monoisotopic (exact) mass is 669 g/mol. The first-order valence-corrected chi connectivity index (χ1v) is 18.1. The molecule has 0 saturated carbocycles. The summed E-state index contributed by atoms with van der Waals surface area (Å²) in [6, 6.07) is 67.7. The third kappa shape index (κ3) is 5.27. The lowest BCUT2D eigenvalue weighted by molar-refractivity contribution is 0.669. The van der Waals surface area contributed by atoms with Gasteiger partial charge in [-0.2, -0.15) is 0 Å². The number of thiophene rings is 1. The van der Waals surface area contributed by atoms with Crippen LogP contribution in [-0.2, 0) is 0 Å². The fraction of sp³-hybridized carbons (Fsp3) is 0. The van der Waals surface area contributed by atoms with Crippen LogP contribution >= 0.6 is 11.3 Å². The van der Waals surface area contributed by atoms with Crippen molar-refractivity contribution in [2.24, 2.45) is 0 Å². The van der Waals surface area contributed by atoms with Crippen molar-refractivity contribution < 1.29 is 4.42 Å². The predicted molar refractivity (Wildman–Crippen MR) is 218 cm³/mol. The Hall–Kier alpha value is -6.42. The molecule has 0 saturated heterocycles. The minimum atomic E-state index is 0.909. The number of anilines is 3. The van der Waals surface area contributed by atoms with E-state index in [4.69, 9.17) is 4.42 Å². The van der Waals surface area contributed by atoms with E-state index in [1.54, 1.807) is 0 Å². The zero-order valence-corrected chi connectivity index (χ0v) is 28.5. The fourth-order valence-electron chi connectivity index (χ4n) is 7.34. The highest BCUT2D eigenvalue weighted by Crippen LogP contribution is 2.43. The number of benzene rings is 8. The van der Waals surface area contributed by atoms with Crippen LogP contribution in [0.1, 0.15) is 0 Å². The second-order valence-corrected chi connectivity index (χ2v) is 14.1. The molecule has 0 fully saturated rings. The zero-order chi connectivity index (χ0) is 33.7. The van der Waals surface area contributed by atoms with Crippen LogP contribution in [0.3, 0.4) is 0 Å². The molecule has 8 aromatic carbocycles. The Morgan fingerprint density at radius 2 is 0.882 bits per heavy atom. The SMILES string of the molecule is c1ccc(-c2cc(-c3ccccc3)cc(N(c3ccc(-c4ccc5oc6ccccc6c5c4)cc3)c3ccc4sc5ccccc5c4c3)c2)cc1. The normalized spacial score (nSPS) is 11.5. The van der Waals surface area contributed by atoms with E-state index in [0.29, 0.717) is 0 Å². The van der Waals surface area contributed by atoms with Gasteiger partial charge in [0.15, 0.2) is 0 Å². The first-order chi connectivity index (χ1) is 25.2. The van der Waals surface area contributed by atoms with Crippen molar-refractivity contribution in [3.8, 4) is 33.4 Å². The Bertz CT molecular complexity index is 2790. The average Bonchev–Trinajstić information content (AvgIpc) is 3.77. The van der Waals surface area contributed by atoms with E-state index in [1.165, 1.54) is 42.4 Å². The quantitative estimate of drug-likeness (QED) is 0.175. The largest absolute Gasteiger partial charge is 0.456 e. The first-order valence-electron chi connectivity index (χ1n) is 17.2. The number of hydrogen-bond donors (Lipinski definition) is 0. The summed E-state index contributed by atoms with van der Waals surface area (Å²) in [5, 5.41) is 4.84. The lowest BCUT2D eigenvalue weighted by Gasteiger charge is -2.27. The van der Waals surface area contributed by atoms with Crippen molar-refractivity contribution in [3.63, 3.8) is 0 Å². The van der Waals surface area contributed by atoms with Gasteiger partial charge in [0, 0.05) is 48.0 Å². The van der Waals surface area contributed by atoms with Crippen LogP contribution in [0.2, 0.25) is 0 Å². The lowest BCUT2D eigenvalue weighted by atomic mass is 9.97. The molecule has 0 radical (unpaired) electrons. The molecule has 10 rings (SSSR count). The molecule has 10 aromatic rings. The van der Waals surface area contributed by atoms with Crippen LogP contribution < -0.4 is 4.90 Å². The van der Waals surface area contributed by atoms with E-state index in [1.807, 2.05) is 23.5 Å². The third-order valence-corrected chi connectivity index (χ3v) is 11.0. The first kappa shape index (κ1) is 29.5. The molecule has 0 unspecified atom stereocenters. The van der Waals surface area contributed by atoms with Crippen molar-refractivity contribution in [1.82, 2.24) is 0 Å². The highest BCUT2D eigenvalue weighted by atomic mass is 32.1. The van der Waals surface area contributed by atoms with E-state index >= 15 is 0 Å². The van der Waals surface area contributed by atoms with Gasteiger partial charge < -0.3 is 9.32 Å². The van der Waals surface area contributed by atoms with Crippen molar-refractivity contribution in [2.75, 3.05) is 4.90 Å². The topological polar surface area (TPSA) is 16.4 Å². The van der Waals surface area contributed by atoms with Crippen LogP contribution in [0.4, 0.5) is 17.1 Å². The minimum Gasteiger partial charge on any atom is -0.456 e. The Balaban J connectivity index is 1.15. The van der Waals surface area contributed by atoms with Crippen LogP contribution in [0.5, 0.6) is 0 Å². The molecule has 0 aliphatic rings. The molecule has 0 aliphatic heterocycles. The van der Waals surface area contributed by atoms with Crippen LogP contribution in [-0.4, -0.2) is 0 Å². The summed E-state index contributed by atoms with van der Waals surface area (Å²) in [4.78, 5) is 2.40. The molecule has 2 heterocycles. The van der Waals surface area contributed by atoms with Gasteiger partial charge in [0.25, 0.3) is 0 Å². The maximum atomic E-state index is 6.12. The number of hydrogen-bond acceptors (Lipinski definition) is 3. The summed E-state index contributed by atoms with van der Waals surface area (Å²) in [6.07, 6.45) is 0. The smallest absolute Gasteiger partial charge is 0.135 e. The lowest BCUT2D eigenvalue weighted by Crippen LogP contribution is -2.10. The molecule has 0 atom stereocenters. The summed E-state index contributed by atoms with van der Waals surface area (Å²) in [7, 11) is 0. The van der Waals surface area contributed by atoms with E-state index in [-0.39, 0.29) is 0 Å². The van der Waals surface area contributed by atoms with E-state index in [0.717, 1.165) is 50.1 Å². The highest BCUT2D eigenvalue weighted by molar-refractivity contribution is 7.25. The van der Waals surface area contributed by atoms with Gasteiger partial charge in [-0.25, -0.2) is 0 Å².